The molecule has 0 saturated heterocycles. The number of aliphatic carboxylic acids is 1. The van der Waals surface area contributed by atoms with Crippen molar-refractivity contribution in [1.29, 1.82) is 0 Å². The molecule has 0 aliphatic carbocycles. The highest BCUT2D eigenvalue weighted by atomic mass is 19.1. The molecule has 0 radical (unpaired) electrons. The molecule has 0 amide bonds. The topological polar surface area (TPSA) is 63.3 Å². The summed E-state index contributed by atoms with van der Waals surface area (Å²) in [6, 6.07) is -0.905. The zero-order chi connectivity index (χ0) is 8.31. The molecule has 10 heavy (non-hydrogen) atoms. The second-order valence-electron chi connectivity index (χ2n) is 2.56. The first-order chi connectivity index (χ1) is 4.46. The van der Waals surface area contributed by atoms with Crippen LogP contribution in [-0.4, -0.2) is 23.3 Å². The number of alkyl halides is 1. The van der Waals surface area contributed by atoms with E-state index in [0.29, 0.717) is 0 Å². The Labute approximate surface area is 59.0 Å². The highest BCUT2D eigenvalue weighted by Crippen LogP contribution is 2.06. The Morgan fingerprint density at radius 1 is 1.60 bits per heavy atom. The van der Waals surface area contributed by atoms with Gasteiger partial charge in [-0.3, -0.25) is 0 Å². The third kappa shape index (κ3) is 2.31. The fourth-order valence-electron chi connectivity index (χ4n) is 0.503. The third-order valence-electron chi connectivity index (χ3n) is 1.34. The number of rotatable bonds is 3. The number of halogens is 1. The molecule has 0 fully saturated rings. The highest BCUT2D eigenvalue weighted by molar-refractivity contribution is 5.73. The Bertz CT molecular complexity index is 127. The number of hydrogen-bond acceptors (Lipinski definition) is 2. The Balaban J connectivity index is 3.94. The van der Waals surface area contributed by atoms with Crippen LogP contribution in [0.4, 0.5) is 4.39 Å². The van der Waals surface area contributed by atoms with Crippen LogP contribution in [0.3, 0.4) is 0 Å². The van der Waals surface area contributed by atoms with Gasteiger partial charge in [0.25, 0.3) is 0 Å². The van der Waals surface area contributed by atoms with E-state index in [9.17, 15) is 9.18 Å². The first-order valence-electron chi connectivity index (χ1n) is 3.09. The van der Waals surface area contributed by atoms with E-state index in [-0.39, 0.29) is 5.92 Å². The van der Waals surface area contributed by atoms with Crippen molar-refractivity contribution < 1.29 is 14.3 Å². The van der Waals surface area contributed by atoms with Gasteiger partial charge < -0.3 is 10.8 Å². The van der Waals surface area contributed by atoms with Gasteiger partial charge in [-0.2, -0.15) is 0 Å². The van der Waals surface area contributed by atoms with Crippen molar-refractivity contribution >= 4 is 5.97 Å². The van der Waals surface area contributed by atoms with E-state index in [4.69, 9.17) is 10.8 Å². The Kier molecular flexibility index (Phi) is 3.28. The maximum atomic E-state index is 12.4. The van der Waals surface area contributed by atoms with E-state index in [1.165, 1.54) is 0 Å². The third-order valence-corrected chi connectivity index (χ3v) is 1.34. The van der Waals surface area contributed by atoms with E-state index in [0.717, 1.165) is 0 Å². The maximum Gasteiger partial charge on any atom is 0.339 e. The van der Waals surface area contributed by atoms with Crippen LogP contribution in [0.15, 0.2) is 0 Å². The zero-order valence-corrected chi connectivity index (χ0v) is 6.04. The molecule has 0 unspecified atom stereocenters. The lowest BCUT2D eigenvalue weighted by atomic mass is 10.0. The summed E-state index contributed by atoms with van der Waals surface area (Å²) < 4.78 is 12.4. The predicted octanol–water partition coefficient (Wildman–Crippen LogP) is 0.392. The normalized spacial score (nSPS) is 16.9. The Hall–Kier alpha value is -0.640. The van der Waals surface area contributed by atoms with Crippen LogP contribution in [-0.2, 0) is 4.79 Å². The van der Waals surface area contributed by atoms with E-state index in [1.54, 1.807) is 13.8 Å². The fourth-order valence-corrected chi connectivity index (χ4v) is 0.503. The molecule has 0 aliphatic rings. The van der Waals surface area contributed by atoms with Gasteiger partial charge in [0.1, 0.15) is 0 Å². The summed E-state index contributed by atoms with van der Waals surface area (Å²) in [5.74, 6) is -1.63. The molecule has 0 heterocycles. The van der Waals surface area contributed by atoms with Gasteiger partial charge >= 0.3 is 5.97 Å². The molecule has 3 nitrogen and oxygen atoms in total. The highest BCUT2D eigenvalue weighted by Gasteiger charge is 2.26. The second kappa shape index (κ2) is 3.51. The molecule has 0 bridgehead atoms. The maximum absolute atomic E-state index is 12.4. The summed E-state index contributed by atoms with van der Waals surface area (Å²) in [7, 11) is 0. The van der Waals surface area contributed by atoms with E-state index in [2.05, 4.69) is 0 Å². The van der Waals surface area contributed by atoms with Crippen molar-refractivity contribution in [2.45, 2.75) is 26.1 Å². The molecule has 0 aromatic carbocycles. The van der Waals surface area contributed by atoms with Gasteiger partial charge in [-0.25, -0.2) is 9.18 Å². The SMILES string of the molecule is CC(C)[C@H](N)[C@H](F)C(=O)O. The van der Waals surface area contributed by atoms with E-state index < -0.39 is 18.2 Å². The molecule has 3 N–H and O–H groups in total. The molecule has 0 aliphatic heterocycles. The van der Waals surface area contributed by atoms with Crippen LogP contribution in [0, 0.1) is 5.92 Å². The standard InChI is InChI=1S/C6H12FNO2/c1-3(2)5(8)4(7)6(9)10/h3-5H,8H2,1-2H3,(H,9,10)/t4-,5-/m0/s1. The monoisotopic (exact) mass is 149 g/mol. The molecule has 0 aromatic rings. The van der Waals surface area contributed by atoms with Gasteiger partial charge in [0.15, 0.2) is 0 Å². The van der Waals surface area contributed by atoms with Crippen molar-refractivity contribution in [3.8, 4) is 0 Å². The number of carboxylic acid groups (broad SMARTS) is 1. The number of nitrogens with two attached hydrogens (primary N) is 1. The van der Waals surface area contributed by atoms with Gasteiger partial charge in [0, 0.05) is 6.04 Å². The molecular formula is C6H12FNO2. The molecule has 0 spiro atoms. The minimum Gasteiger partial charge on any atom is -0.479 e. The summed E-state index contributed by atoms with van der Waals surface area (Å²) in [6.45, 7) is 3.36. The zero-order valence-electron chi connectivity index (χ0n) is 6.04. The first-order valence-corrected chi connectivity index (χ1v) is 3.09. The van der Waals surface area contributed by atoms with Crippen LogP contribution < -0.4 is 5.73 Å². The largest absolute Gasteiger partial charge is 0.479 e. The molecule has 0 rings (SSSR count). The lowest BCUT2D eigenvalue weighted by molar-refractivity contribution is -0.144. The predicted molar refractivity (Wildman–Crippen MR) is 35.3 cm³/mol. The van der Waals surface area contributed by atoms with Gasteiger partial charge in [0.05, 0.1) is 0 Å². The van der Waals surface area contributed by atoms with E-state index >= 15 is 0 Å². The summed E-state index contributed by atoms with van der Waals surface area (Å²) in [6.07, 6.45) is -1.94. The van der Waals surface area contributed by atoms with Gasteiger partial charge in [-0.05, 0) is 5.92 Å². The molecule has 60 valence electrons. The lowest BCUT2D eigenvalue weighted by Crippen LogP contribution is -2.41. The van der Waals surface area contributed by atoms with Crippen LogP contribution >= 0.6 is 0 Å². The quantitative estimate of drug-likeness (QED) is 0.610. The van der Waals surface area contributed by atoms with Gasteiger partial charge in [-0.1, -0.05) is 13.8 Å². The number of hydrogen-bond donors (Lipinski definition) is 2. The smallest absolute Gasteiger partial charge is 0.339 e. The average Bonchev–Trinajstić information content (AvgIpc) is 1.84. The minimum absolute atomic E-state index is 0.147. The summed E-state index contributed by atoms with van der Waals surface area (Å²) >= 11 is 0. The van der Waals surface area contributed by atoms with Crippen LogP contribution in [0.25, 0.3) is 0 Å². The first kappa shape index (κ1) is 9.36. The number of carbonyl (C=O) groups is 1. The molecule has 0 aromatic heterocycles. The van der Waals surface area contributed by atoms with Crippen molar-refractivity contribution in [3.05, 3.63) is 0 Å². The van der Waals surface area contributed by atoms with E-state index in [1.807, 2.05) is 0 Å². The van der Waals surface area contributed by atoms with Gasteiger partial charge in [-0.15, -0.1) is 0 Å². The fraction of sp³-hybridized carbons (Fsp3) is 0.833. The van der Waals surface area contributed by atoms with Crippen molar-refractivity contribution in [1.82, 2.24) is 0 Å². The number of carboxylic acids is 1. The van der Waals surface area contributed by atoms with Crippen LogP contribution in [0.5, 0.6) is 0 Å². The molecule has 2 atom stereocenters. The summed E-state index contributed by atoms with van der Waals surface area (Å²) in [5, 5.41) is 8.15. The molecule has 4 heteroatoms. The van der Waals surface area contributed by atoms with Gasteiger partial charge in [0.2, 0.25) is 6.17 Å². The van der Waals surface area contributed by atoms with Crippen molar-refractivity contribution in [2.24, 2.45) is 11.7 Å². The molecular weight excluding hydrogens is 137 g/mol. The van der Waals surface area contributed by atoms with Crippen LogP contribution in [0.2, 0.25) is 0 Å². The van der Waals surface area contributed by atoms with Crippen LogP contribution in [0.1, 0.15) is 13.8 Å². The lowest BCUT2D eigenvalue weighted by Gasteiger charge is -2.16. The average molecular weight is 149 g/mol. The minimum atomic E-state index is -1.94. The van der Waals surface area contributed by atoms with Crippen molar-refractivity contribution in [2.75, 3.05) is 0 Å². The Morgan fingerprint density at radius 3 is 2.10 bits per heavy atom. The molecule has 0 saturated carbocycles. The summed E-state index contributed by atoms with van der Waals surface area (Å²) in [5.41, 5.74) is 5.21. The summed E-state index contributed by atoms with van der Waals surface area (Å²) in [4.78, 5) is 9.99. The van der Waals surface area contributed by atoms with Crippen molar-refractivity contribution in [3.63, 3.8) is 0 Å². The second-order valence-corrected chi connectivity index (χ2v) is 2.56. The Morgan fingerprint density at radius 2 is 2.00 bits per heavy atom.